The SMILES string of the molecule is CC(C)(C)OC(=O)N1[C@@H]2C[C@@H](O)[C@H]1CN(c1nc(OCC34CCCN3CC(F)C4)nc3c1CCN(c1cccc4cccc(Cl)c14)C3)C2. The van der Waals surface area contributed by atoms with Gasteiger partial charge in [-0.3, -0.25) is 9.80 Å². The normalized spacial score (nSPS) is 28.6. The van der Waals surface area contributed by atoms with Crippen LogP contribution < -0.4 is 14.5 Å². The maximum atomic E-state index is 14.6. The lowest BCUT2D eigenvalue weighted by Crippen LogP contribution is -2.58. The van der Waals surface area contributed by atoms with Crippen molar-refractivity contribution in [3.8, 4) is 6.01 Å². The van der Waals surface area contributed by atoms with E-state index < -0.39 is 30.0 Å². The highest BCUT2D eigenvalue weighted by Crippen LogP contribution is 2.42. The Bertz CT molecular complexity index is 1730. The number of aliphatic hydroxyl groups is 1. The van der Waals surface area contributed by atoms with Crippen LogP contribution in [0.5, 0.6) is 6.01 Å². The van der Waals surface area contributed by atoms with Gasteiger partial charge in [-0.25, -0.2) is 9.18 Å². The Labute approximate surface area is 285 Å². The largest absolute Gasteiger partial charge is 0.461 e. The maximum Gasteiger partial charge on any atom is 0.411 e. The van der Waals surface area contributed by atoms with Gasteiger partial charge in [-0.15, -0.1) is 0 Å². The van der Waals surface area contributed by atoms with E-state index >= 15 is 0 Å². The Morgan fingerprint density at radius 3 is 2.71 bits per heavy atom. The molecule has 8 rings (SSSR count). The molecule has 5 aliphatic rings. The number of benzene rings is 2. The fourth-order valence-corrected chi connectivity index (χ4v) is 9.09. The molecular weight excluding hydrogens is 635 g/mol. The molecule has 48 heavy (non-hydrogen) atoms. The monoisotopic (exact) mass is 678 g/mol. The number of nitrogens with zero attached hydrogens (tertiary/aromatic N) is 6. The highest BCUT2D eigenvalue weighted by atomic mass is 35.5. The average Bonchev–Trinajstić information content (AvgIpc) is 3.63. The number of carbonyl (C=O) groups excluding carboxylic acids is 1. The van der Waals surface area contributed by atoms with Gasteiger partial charge in [0.25, 0.3) is 0 Å². The molecule has 1 aromatic heterocycles. The van der Waals surface area contributed by atoms with Gasteiger partial charge in [-0.2, -0.15) is 9.97 Å². The smallest absolute Gasteiger partial charge is 0.411 e. The second kappa shape index (κ2) is 11.9. The number of amides is 1. The molecule has 4 fully saturated rings. The summed E-state index contributed by atoms with van der Waals surface area (Å²) in [6.07, 6.45) is 1.68. The van der Waals surface area contributed by atoms with Gasteiger partial charge >= 0.3 is 12.1 Å². The van der Waals surface area contributed by atoms with Crippen LogP contribution in [0, 0.1) is 0 Å². The average molecular weight is 679 g/mol. The summed E-state index contributed by atoms with van der Waals surface area (Å²) in [7, 11) is 0. The Hall–Kier alpha value is -3.41. The molecule has 0 saturated carbocycles. The molecule has 0 spiro atoms. The molecule has 3 aromatic rings. The van der Waals surface area contributed by atoms with Crippen LogP contribution in [0.2, 0.25) is 5.02 Å². The molecule has 10 nitrogen and oxygen atoms in total. The summed E-state index contributed by atoms with van der Waals surface area (Å²) < 4.78 is 26.8. The van der Waals surface area contributed by atoms with Gasteiger partial charge in [0.2, 0.25) is 0 Å². The van der Waals surface area contributed by atoms with E-state index in [-0.39, 0.29) is 17.6 Å². The first-order valence-electron chi connectivity index (χ1n) is 17.3. The van der Waals surface area contributed by atoms with Crippen molar-refractivity contribution in [2.75, 3.05) is 49.1 Å². The number of rotatable bonds is 5. The molecule has 2 unspecified atom stereocenters. The van der Waals surface area contributed by atoms with Gasteiger partial charge in [0, 0.05) is 49.2 Å². The van der Waals surface area contributed by atoms with Crippen LogP contribution in [0.4, 0.5) is 20.7 Å². The first-order chi connectivity index (χ1) is 23.0. The van der Waals surface area contributed by atoms with Crippen molar-refractivity contribution in [2.45, 2.75) is 94.9 Å². The van der Waals surface area contributed by atoms with Crippen molar-refractivity contribution < 1.29 is 23.8 Å². The lowest BCUT2D eigenvalue weighted by molar-refractivity contribution is 0.00600. The molecule has 6 heterocycles. The standard InChI is InChI=1S/C36H44ClFN6O4/c1-35(2,3)48-34(46)44-24-15-30(45)29(44)20-42(18-24)32-25-11-14-41(28-10-5-8-22-7-4-9-26(37)31(22)28)19-27(25)39-33(40-32)47-21-36-12-6-13-43(36)17-23(38)16-36/h4-5,7-10,23-24,29-30,45H,6,11-21H2,1-3H3/t23?,24-,29-,30-,36?/m1/s1. The molecular formula is C36H44ClFN6O4. The molecule has 2 bridgehead atoms. The third kappa shape index (κ3) is 5.61. The topological polar surface area (TPSA) is 94.5 Å². The van der Waals surface area contributed by atoms with E-state index in [1.807, 2.05) is 32.9 Å². The van der Waals surface area contributed by atoms with Gasteiger partial charge in [0.1, 0.15) is 24.2 Å². The number of fused-ring (bicyclic) bond motifs is 5. The van der Waals surface area contributed by atoms with Crippen molar-refractivity contribution in [1.82, 2.24) is 19.8 Å². The molecule has 1 N–H and O–H groups in total. The zero-order valence-electron chi connectivity index (χ0n) is 27.9. The summed E-state index contributed by atoms with van der Waals surface area (Å²) in [5, 5.41) is 13.9. The Balaban J connectivity index is 1.13. The summed E-state index contributed by atoms with van der Waals surface area (Å²) in [5.74, 6) is 0.786. The first-order valence-corrected chi connectivity index (χ1v) is 17.6. The lowest BCUT2D eigenvalue weighted by atomic mass is 9.95. The molecule has 1 amide bonds. The van der Waals surface area contributed by atoms with Gasteiger partial charge in [-0.05, 0) is 70.5 Å². The molecule has 256 valence electrons. The van der Waals surface area contributed by atoms with E-state index in [0.29, 0.717) is 57.1 Å². The fraction of sp³-hybridized carbons (Fsp3) is 0.583. The van der Waals surface area contributed by atoms with Crippen molar-refractivity contribution in [2.24, 2.45) is 0 Å². The minimum Gasteiger partial charge on any atom is -0.461 e. The molecule has 5 atom stereocenters. The number of halogens is 2. The van der Waals surface area contributed by atoms with Gasteiger partial charge in [0.05, 0.1) is 41.0 Å². The number of piperazine rings is 1. The van der Waals surface area contributed by atoms with Crippen LogP contribution in [0.25, 0.3) is 10.8 Å². The number of carbonyl (C=O) groups is 1. The van der Waals surface area contributed by atoms with E-state index in [1.165, 1.54) is 0 Å². The molecule has 4 saturated heterocycles. The zero-order valence-corrected chi connectivity index (χ0v) is 28.6. The van der Waals surface area contributed by atoms with Crippen molar-refractivity contribution in [3.05, 3.63) is 52.7 Å². The van der Waals surface area contributed by atoms with E-state index in [4.69, 9.17) is 31.0 Å². The number of hydrogen-bond donors (Lipinski definition) is 1. The van der Waals surface area contributed by atoms with Crippen LogP contribution in [0.15, 0.2) is 36.4 Å². The van der Waals surface area contributed by atoms with Gasteiger partial charge in [0.15, 0.2) is 0 Å². The zero-order chi connectivity index (χ0) is 33.4. The Kier molecular flexibility index (Phi) is 7.88. The molecule has 0 aliphatic carbocycles. The van der Waals surface area contributed by atoms with Gasteiger partial charge in [-0.1, -0.05) is 35.9 Å². The first kappa shape index (κ1) is 31.8. The molecule has 2 aromatic carbocycles. The number of aliphatic hydroxyl groups excluding tert-OH is 1. The molecule has 5 aliphatic heterocycles. The van der Waals surface area contributed by atoms with Crippen LogP contribution in [-0.2, 0) is 17.7 Å². The van der Waals surface area contributed by atoms with E-state index in [0.717, 1.165) is 59.5 Å². The number of alkyl halides is 1. The quantitative estimate of drug-likeness (QED) is 0.383. The highest BCUT2D eigenvalue weighted by molar-refractivity contribution is 6.36. The van der Waals surface area contributed by atoms with E-state index in [9.17, 15) is 14.3 Å². The molecule has 0 radical (unpaired) electrons. The predicted octanol–water partition coefficient (Wildman–Crippen LogP) is 5.36. The number of hydrogen-bond acceptors (Lipinski definition) is 9. The summed E-state index contributed by atoms with van der Waals surface area (Å²) >= 11 is 6.74. The summed E-state index contributed by atoms with van der Waals surface area (Å²) in [6, 6.07) is 11.9. The Morgan fingerprint density at radius 2 is 1.92 bits per heavy atom. The van der Waals surface area contributed by atoms with Gasteiger partial charge < -0.3 is 24.4 Å². The lowest BCUT2D eigenvalue weighted by Gasteiger charge is -2.43. The minimum atomic E-state index is -0.849. The van der Waals surface area contributed by atoms with E-state index in [1.54, 1.807) is 4.90 Å². The second-order valence-electron chi connectivity index (χ2n) is 15.2. The second-order valence-corrected chi connectivity index (χ2v) is 15.6. The number of anilines is 2. The molecule has 12 heteroatoms. The highest BCUT2D eigenvalue weighted by Gasteiger charge is 2.51. The third-order valence-corrected chi connectivity index (χ3v) is 11.2. The van der Waals surface area contributed by atoms with Crippen molar-refractivity contribution in [3.63, 3.8) is 0 Å². The predicted molar refractivity (Wildman–Crippen MR) is 183 cm³/mol. The Morgan fingerprint density at radius 1 is 1.10 bits per heavy atom. The third-order valence-electron chi connectivity index (χ3n) is 10.9. The summed E-state index contributed by atoms with van der Waals surface area (Å²) in [4.78, 5) is 31.8. The van der Waals surface area contributed by atoms with Crippen LogP contribution in [0.3, 0.4) is 0 Å². The maximum absolute atomic E-state index is 14.6. The van der Waals surface area contributed by atoms with Crippen molar-refractivity contribution >= 4 is 40.0 Å². The summed E-state index contributed by atoms with van der Waals surface area (Å²) in [5.41, 5.74) is 2.02. The van der Waals surface area contributed by atoms with E-state index in [2.05, 4.69) is 39.0 Å². The van der Waals surface area contributed by atoms with Crippen molar-refractivity contribution in [1.29, 1.82) is 0 Å². The van der Waals surface area contributed by atoms with Crippen LogP contribution >= 0.6 is 11.6 Å². The number of ether oxygens (including phenoxy) is 2. The fourth-order valence-electron chi connectivity index (χ4n) is 8.81. The summed E-state index contributed by atoms with van der Waals surface area (Å²) in [6.45, 7) is 9.47. The van der Waals surface area contributed by atoms with Crippen LogP contribution in [-0.4, -0.2) is 106 Å². The van der Waals surface area contributed by atoms with Crippen LogP contribution in [0.1, 0.15) is 57.7 Å². The minimum absolute atomic E-state index is 0.215. The number of aromatic nitrogens is 2.